The van der Waals surface area contributed by atoms with Gasteiger partial charge in [-0.15, -0.1) is 0 Å². The van der Waals surface area contributed by atoms with E-state index >= 15 is 0 Å². The van der Waals surface area contributed by atoms with Crippen LogP contribution in [0.4, 0.5) is 5.69 Å². The van der Waals surface area contributed by atoms with Crippen LogP contribution in [0.3, 0.4) is 0 Å². The van der Waals surface area contributed by atoms with Crippen LogP contribution in [0.25, 0.3) is 0 Å². The van der Waals surface area contributed by atoms with Crippen molar-refractivity contribution in [2.75, 3.05) is 18.5 Å². The van der Waals surface area contributed by atoms with Gasteiger partial charge in [0, 0.05) is 5.69 Å². The summed E-state index contributed by atoms with van der Waals surface area (Å²) < 4.78 is 11.4. The van der Waals surface area contributed by atoms with Crippen molar-refractivity contribution in [1.82, 2.24) is 0 Å². The molecular formula is C20H27NO2. The highest BCUT2D eigenvalue weighted by atomic mass is 16.5. The van der Waals surface area contributed by atoms with Crippen molar-refractivity contribution in [2.45, 2.75) is 39.7 Å². The van der Waals surface area contributed by atoms with E-state index in [0.29, 0.717) is 12.5 Å². The Morgan fingerprint density at radius 3 is 2.04 bits per heavy atom. The van der Waals surface area contributed by atoms with Crippen molar-refractivity contribution < 1.29 is 9.47 Å². The van der Waals surface area contributed by atoms with Gasteiger partial charge in [-0.3, -0.25) is 0 Å². The van der Waals surface area contributed by atoms with Gasteiger partial charge in [0.1, 0.15) is 17.6 Å². The Hall–Kier alpha value is -2.16. The predicted molar refractivity (Wildman–Crippen MR) is 96.7 cm³/mol. The molecule has 0 aromatic heterocycles. The van der Waals surface area contributed by atoms with Gasteiger partial charge in [0.25, 0.3) is 0 Å². The molecule has 124 valence electrons. The molecule has 3 heteroatoms. The van der Waals surface area contributed by atoms with E-state index in [1.165, 1.54) is 5.56 Å². The number of anilines is 1. The normalized spacial score (nSPS) is 12.0. The van der Waals surface area contributed by atoms with E-state index in [0.717, 1.165) is 23.7 Å². The molecule has 1 unspecified atom stereocenters. The van der Waals surface area contributed by atoms with Crippen molar-refractivity contribution in [3.8, 4) is 11.5 Å². The number of ether oxygens (including phenoxy) is 2. The SMILES string of the molecule is CCOc1ccc(NCC(C)Oc2ccc(C(C)C)cc2)cc1. The van der Waals surface area contributed by atoms with Gasteiger partial charge in [-0.2, -0.15) is 0 Å². The van der Waals surface area contributed by atoms with E-state index in [-0.39, 0.29) is 6.10 Å². The van der Waals surface area contributed by atoms with Crippen molar-refractivity contribution in [3.05, 3.63) is 54.1 Å². The Labute approximate surface area is 139 Å². The van der Waals surface area contributed by atoms with E-state index < -0.39 is 0 Å². The fourth-order valence-electron chi connectivity index (χ4n) is 2.30. The zero-order valence-corrected chi connectivity index (χ0v) is 14.5. The molecule has 0 aliphatic rings. The van der Waals surface area contributed by atoms with Crippen molar-refractivity contribution in [2.24, 2.45) is 0 Å². The topological polar surface area (TPSA) is 30.5 Å². The molecule has 0 spiro atoms. The lowest BCUT2D eigenvalue weighted by Gasteiger charge is -2.17. The standard InChI is InChI=1S/C20H27NO2/c1-5-22-19-12-8-18(9-13-19)21-14-16(4)23-20-10-6-17(7-11-20)15(2)3/h6-13,15-16,21H,5,14H2,1-4H3. The van der Waals surface area contributed by atoms with E-state index in [1.54, 1.807) is 0 Å². The summed E-state index contributed by atoms with van der Waals surface area (Å²) in [6, 6.07) is 16.3. The maximum Gasteiger partial charge on any atom is 0.119 e. The van der Waals surface area contributed by atoms with Gasteiger partial charge in [0.05, 0.1) is 13.2 Å². The molecule has 0 radical (unpaired) electrons. The number of nitrogens with one attached hydrogen (secondary N) is 1. The van der Waals surface area contributed by atoms with Gasteiger partial charge >= 0.3 is 0 Å². The third-order valence-electron chi connectivity index (χ3n) is 3.64. The molecule has 0 fully saturated rings. The fourth-order valence-corrected chi connectivity index (χ4v) is 2.30. The van der Waals surface area contributed by atoms with Gasteiger partial charge < -0.3 is 14.8 Å². The molecular weight excluding hydrogens is 286 g/mol. The molecule has 2 aromatic rings. The van der Waals surface area contributed by atoms with Crippen LogP contribution in [0.15, 0.2) is 48.5 Å². The Balaban J connectivity index is 1.81. The minimum atomic E-state index is 0.0893. The predicted octanol–water partition coefficient (Wildman–Crippen LogP) is 5.09. The van der Waals surface area contributed by atoms with Gasteiger partial charge in [-0.1, -0.05) is 26.0 Å². The highest BCUT2D eigenvalue weighted by molar-refractivity contribution is 5.46. The minimum absolute atomic E-state index is 0.0893. The largest absolute Gasteiger partial charge is 0.494 e. The Morgan fingerprint density at radius 1 is 0.870 bits per heavy atom. The second-order valence-electron chi connectivity index (χ2n) is 5.99. The van der Waals surface area contributed by atoms with Gasteiger partial charge in [-0.25, -0.2) is 0 Å². The minimum Gasteiger partial charge on any atom is -0.494 e. The van der Waals surface area contributed by atoms with Crippen molar-refractivity contribution >= 4 is 5.69 Å². The van der Waals surface area contributed by atoms with Gasteiger partial charge in [0.2, 0.25) is 0 Å². The van der Waals surface area contributed by atoms with E-state index in [9.17, 15) is 0 Å². The molecule has 0 heterocycles. The molecule has 0 bridgehead atoms. The second kappa shape index (κ2) is 8.47. The third-order valence-corrected chi connectivity index (χ3v) is 3.64. The number of hydrogen-bond donors (Lipinski definition) is 1. The average Bonchev–Trinajstić information content (AvgIpc) is 2.55. The summed E-state index contributed by atoms with van der Waals surface area (Å²) in [6.45, 7) is 9.88. The Kier molecular flexibility index (Phi) is 6.33. The Bertz CT molecular complexity index is 576. The summed E-state index contributed by atoms with van der Waals surface area (Å²) in [6.07, 6.45) is 0.0893. The summed E-state index contributed by atoms with van der Waals surface area (Å²) in [5.41, 5.74) is 2.40. The lowest BCUT2D eigenvalue weighted by atomic mass is 10.0. The average molecular weight is 313 g/mol. The third kappa shape index (κ3) is 5.51. The molecule has 1 atom stereocenters. The van der Waals surface area contributed by atoms with E-state index in [2.05, 4.69) is 38.2 Å². The lowest BCUT2D eigenvalue weighted by Crippen LogP contribution is -2.22. The van der Waals surface area contributed by atoms with Crippen LogP contribution in [0.5, 0.6) is 11.5 Å². The first kappa shape index (κ1) is 17.2. The first-order valence-corrected chi connectivity index (χ1v) is 8.31. The number of hydrogen-bond acceptors (Lipinski definition) is 3. The van der Waals surface area contributed by atoms with Crippen LogP contribution in [-0.2, 0) is 0 Å². The number of benzene rings is 2. The zero-order chi connectivity index (χ0) is 16.7. The molecule has 2 rings (SSSR count). The summed E-state index contributed by atoms with van der Waals surface area (Å²) >= 11 is 0. The molecule has 0 amide bonds. The smallest absolute Gasteiger partial charge is 0.119 e. The maximum atomic E-state index is 5.95. The zero-order valence-electron chi connectivity index (χ0n) is 14.5. The summed E-state index contributed by atoms with van der Waals surface area (Å²) in [5, 5.41) is 3.38. The highest BCUT2D eigenvalue weighted by Gasteiger charge is 2.05. The molecule has 0 saturated carbocycles. The molecule has 23 heavy (non-hydrogen) atoms. The summed E-state index contributed by atoms with van der Waals surface area (Å²) in [5.74, 6) is 2.35. The highest BCUT2D eigenvalue weighted by Crippen LogP contribution is 2.20. The van der Waals surface area contributed by atoms with E-state index in [1.807, 2.05) is 43.3 Å². The fraction of sp³-hybridized carbons (Fsp3) is 0.400. The van der Waals surface area contributed by atoms with Crippen molar-refractivity contribution in [1.29, 1.82) is 0 Å². The molecule has 1 N–H and O–H groups in total. The molecule has 0 saturated heterocycles. The first-order valence-electron chi connectivity index (χ1n) is 8.31. The van der Waals surface area contributed by atoms with Gasteiger partial charge in [0.15, 0.2) is 0 Å². The number of rotatable bonds is 8. The van der Waals surface area contributed by atoms with Crippen LogP contribution in [0.1, 0.15) is 39.2 Å². The molecule has 2 aromatic carbocycles. The van der Waals surface area contributed by atoms with Crippen molar-refractivity contribution in [3.63, 3.8) is 0 Å². The van der Waals surface area contributed by atoms with E-state index in [4.69, 9.17) is 9.47 Å². The molecule has 0 aliphatic heterocycles. The maximum absolute atomic E-state index is 5.95. The van der Waals surface area contributed by atoms with Crippen LogP contribution < -0.4 is 14.8 Å². The van der Waals surface area contributed by atoms with Crippen LogP contribution in [0, 0.1) is 0 Å². The Morgan fingerprint density at radius 2 is 1.48 bits per heavy atom. The summed E-state index contributed by atoms with van der Waals surface area (Å²) in [7, 11) is 0. The molecule has 3 nitrogen and oxygen atoms in total. The van der Waals surface area contributed by atoms with Gasteiger partial charge in [-0.05, 0) is 61.7 Å². The van der Waals surface area contributed by atoms with Crippen LogP contribution in [0.2, 0.25) is 0 Å². The van der Waals surface area contributed by atoms with Crippen LogP contribution in [-0.4, -0.2) is 19.3 Å². The molecule has 0 aliphatic carbocycles. The quantitative estimate of drug-likeness (QED) is 0.736. The second-order valence-corrected chi connectivity index (χ2v) is 5.99. The monoisotopic (exact) mass is 313 g/mol. The summed E-state index contributed by atoms with van der Waals surface area (Å²) in [4.78, 5) is 0. The first-order chi connectivity index (χ1) is 11.1. The lowest BCUT2D eigenvalue weighted by molar-refractivity contribution is 0.234. The van der Waals surface area contributed by atoms with Crippen LogP contribution >= 0.6 is 0 Å².